The first-order valence-electron chi connectivity index (χ1n) is 5.86. The number of aliphatic carboxylic acids is 1. The smallest absolute Gasteiger partial charge is 0.305 e. The highest BCUT2D eigenvalue weighted by Crippen LogP contribution is 2.16. The molecule has 0 saturated heterocycles. The third-order valence-electron chi connectivity index (χ3n) is 2.33. The molecule has 110 valence electrons. The van der Waals surface area contributed by atoms with Crippen LogP contribution in [0.1, 0.15) is 27.5 Å². The van der Waals surface area contributed by atoms with Crippen LogP contribution in [0.25, 0.3) is 0 Å². The molecule has 21 heavy (non-hydrogen) atoms. The van der Waals surface area contributed by atoms with Crippen molar-refractivity contribution in [2.75, 3.05) is 11.9 Å². The molecule has 2 amide bonds. The van der Waals surface area contributed by atoms with Gasteiger partial charge in [0.25, 0.3) is 11.8 Å². The van der Waals surface area contributed by atoms with Gasteiger partial charge < -0.3 is 14.8 Å². The van der Waals surface area contributed by atoms with E-state index in [0.717, 1.165) is 11.3 Å². The van der Waals surface area contributed by atoms with E-state index in [4.69, 9.17) is 9.52 Å². The number of anilines is 1. The van der Waals surface area contributed by atoms with Gasteiger partial charge in [-0.1, -0.05) is 0 Å². The minimum Gasteiger partial charge on any atom is -0.481 e. The molecule has 0 atom stereocenters. The summed E-state index contributed by atoms with van der Waals surface area (Å²) in [4.78, 5) is 37.6. The Kier molecular flexibility index (Phi) is 4.67. The van der Waals surface area contributed by atoms with E-state index in [9.17, 15) is 14.4 Å². The number of hydrogen-bond donors (Lipinski definition) is 3. The Morgan fingerprint density at radius 3 is 2.81 bits per heavy atom. The number of carboxylic acids is 1. The van der Waals surface area contributed by atoms with Crippen LogP contribution < -0.4 is 10.6 Å². The fourth-order valence-corrected chi connectivity index (χ4v) is 2.06. The van der Waals surface area contributed by atoms with Crippen LogP contribution >= 0.6 is 11.3 Å². The van der Waals surface area contributed by atoms with Gasteiger partial charge in [-0.3, -0.25) is 19.7 Å². The van der Waals surface area contributed by atoms with Crippen LogP contribution in [-0.4, -0.2) is 34.4 Å². The van der Waals surface area contributed by atoms with Crippen molar-refractivity contribution >= 4 is 34.3 Å². The standard InChI is InChI=1S/C12H11N3O5S/c16-9(17)3-4-13-10(18)7-6-21-12(14-7)15-11(19)8-2-1-5-20-8/h1-2,5-6H,3-4H2,(H,13,18)(H,16,17)(H,14,15,19). The third kappa shape index (κ3) is 4.14. The molecule has 2 rings (SSSR count). The van der Waals surface area contributed by atoms with E-state index >= 15 is 0 Å². The van der Waals surface area contributed by atoms with Crippen molar-refractivity contribution in [3.05, 3.63) is 35.2 Å². The van der Waals surface area contributed by atoms with Gasteiger partial charge in [-0.25, -0.2) is 4.98 Å². The quantitative estimate of drug-likeness (QED) is 0.737. The average Bonchev–Trinajstić information content (AvgIpc) is 3.09. The van der Waals surface area contributed by atoms with Crippen molar-refractivity contribution in [3.8, 4) is 0 Å². The van der Waals surface area contributed by atoms with Crippen molar-refractivity contribution < 1.29 is 23.9 Å². The monoisotopic (exact) mass is 309 g/mol. The second-order valence-corrected chi connectivity index (χ2v) is 4.73. The summed E-state index contributed by atoms with van der Waals surface area (Å²) in [6.45, 7) is 0.0137. The molecule has 8 nitrogen and oxygen atoms in total. The summed E-state index contributed by atoms with van der Waals surface area (Å²) >= 11 is 1.08. The Morgan fingerprint density at radius 2 is 2.14 bits per heavy atom. The minimum atomic E-state index is -1.00. The van der Waals surface area contributed by atoms with Gasteiger partial charge in [0, 0.05) is 11.9 Å². The van der Waals surface area contributed by atoms with Crippen LogP contribution in [-0.2, 0) is 4.79 Å². The molecule has 0 fully saturated rings. The van der Waals surface area contributed by atoms with E-state index in [0.29, 0.717) is 0 Å². The van der Waals surface area contributed by atoms with E-state index in [-0.39, 0.29) is 29.6 Å². The summed E-state index contributed by atoms with van der Waals surface area (Å²) in [5.74, 6) is -1.82. The summed E-state index contributed by atoms with van der Waals surface area (Å²) < 4.78 is 4.93. The van der Waals surface area contributed by atoms with Gasteiger partial charge in [0.05, 0.1) is 12.7 Å². The summed E-state index contributed by atoms with van der Waals surface area (Å²) in [6, 6.07) is 3.08. The maximum absolute atomic E-state index is 11.7. The summed E-state index contributed by atoms with van der Waals surface area (Å²) in [6.07, 6.45) is 1.20. The number of nitrogens with zero attached hydrogens (tertiary/aromatic N) is 1. The molecule has 0 aliphatic rings. The molecule has 0 bridgehead atoms. The topological polar surface area (TPSA) is 122 Å². The number of aromatic nitrogens is 1. The highest BCUT2D eigenvalue weighted by Gasteiger charge is 2.14. The average molecular weight is 309 g/mol. The van der Waals surface area contributed by atoms with Gasteiger partial charge >= 0.3 is 5.97 Å². The molecule has 0 aliphatic carbocycles. The maximum atomic E-state index is 11.7. The molecule has 0 radical (unpaired) electrons. The number of nitrogens with one attached hydrogen (secondary N) is 2. The zero-order valence-corrected chi connectivity index (χ0v) is 11.5. The van der Waals surface area contributed by atoms with Gasteiger partial charge in [-0.2, -0.15) is 0 Å². The van der Waals surface area contributed by atoms with Gasteiger partial charge in [0.1, 0.15) is 5.69 Å². The van der Waals surface area contributed by atoms with Gasteiger partial charge in [0.15, 0.2) is 10.9 Å². The van der Waals surface area contributed by atoms with Crippen LogP contribution in [0.2, 0.25) is 0 Å². The first kappa shape index (κ1) is 14.7. The van der Waals surface area contributed by atoms with Gasteiger partial charge in [0.2, 0.25) is 0 Å². The normalized spacial score (nSPS) is 10.1. The van der Waals surface area contributed by atoms with E-state index < -0.39 is 17.8 Å². The molecule has 0 saturated carbocycles. The Morgan fingerprint density at radius 1 is 1.33 bits per heavy atom. The number of carbonyl (C=O) groups is 3. The van der Waals surface area contributed by atoms with Crippen LogP contribution in [0, 0.1) is 0 Å². The van der Waals surface area contributed by atoms with Crippen LogP contribution in [0.5, 0.6) is 0 Å². The van der Waals surface area contributed by atoms with E-state index in [1.807, 2.05) is 0 Å². The van der Waals surface area contributed by atoms with E-state index in [1.54, 1.807) is 6.07 Å². The van der Waals surface area contributed by atoms with Crippen LogP contribution in [0.3, 0.4) is 0 Å². The molecule has 2 aromatic rings. The molecule has 0 unspecified atom stereocenters. The fourth-order valence-electron chi connectivity index (χ4n) is 1.38. The van der Waals surface area contributed by atoms with Crippen LogP contribution in [0.4, 0.5) is 5.13 Å². The lowest BCUT2D eigenvalue weighted by Crippen LogP contribution is -2.26. The highest BCUT2D eigenvalue weighted by molar-refractivity contribution is 7.14. The number of thiazole rings is 1. The Labute approximate surface area is 122 Å². The number of furan rings is 1. The van der Waals surface area contributed by atoms with Crippen molar-refractivity contribution in [2.45, 2.75) is 6.42 Å². The van der Waals surface area contributed by atoms with Crippen molar-refractivity contribution in [3.63, 3.8) is 0 Å². The summed E-state index contributed by atoms with van der Waals surface area (Å²) in [7, 11) is 0. The molecule has 2 aromatic heterocycles. The summed E-state index contributed by atoms with van der Waals surface area (Å²) in [5, 5.41) is 15.1. The predicted molar refractivity (Wildman–Crippen MR) is 73.4 cm³/mol. The van der Waals surface area contributed by atoms with Crippen molar-refractivity contribution in [1.82, 2.24) is 10.3 Å². The highest BCUT2D eigenvalue weighted by atomic mass is 32.1. The lowest BCUT2D eigenvalue weighted by Gasteiger charge is -2.00. The number of carbonyl (C=O) groups excluding carboxylic acids is 2. The third-order valence-corrected chi connectivity index (χ3v) is 3.08. The molecule has 9 heteroatoms. The largest absolute Gasteiger partial charge is 0.481 e. The first-order valence-corrected chi connectivity index (χ1v) is 6.74. The maximum Gasteiger partial charge on any atom is 0.305 e. The molecule has 0 aromatic carbocycles. The van der Waals surface area contributed by atoms with Crippen molar-refractivity contribution in [2.24, 2.45) is 0 Å². The zero-order chi connectivity index (χ0) is 15.2. The second kappa shape index (κ2) is 6.66. The molecular formula is C12H11N3O5S. The Bertz CT molecular complexity index is 650. The van der Waals surface area contributed by atoms with Crippen molar-refractivity contribution in [1.29, 1.82) is 0 Å². The number of carboxylic acid groups (broad SMARTS) is 1. The molecule has 0 aliphatic heterocycles. The SMILES string of the molecule is O=C(O)CCNC(=O)c1csc(NC(=O)c2ccco2)n1. The van der Waals surface area contributed by atoms with E-state index in [2.05, 4.69) is 15.6 Å². The lowest BCUT2D eigenvalue weighted by atomic mass is 10.4. The second-order valence-electron chi connectivity index (χ2n) is 3.87. The molecule has 2 heterocycles. The molecule has 3 N–H and O–H groups in total. The van der Waals surface area contributed by atoms with Crippen LogP contribution in [0.15, 0.2) is 28.2 Å². The Balaban J connectivity index is 1.90. The number of amides is 2. The van der Waals surface area contributed by atoms with Gasteiger partial charge in [-0.05, 0) is 12.1 Å². The fraction of sp³-hybridized carbons (Fsp3) is 0.167. The van der Waals surface area contributed by atoms with Gasteiger partial charge in [-0.15, -0.1) is 11.3 Å². The number of hydrogen-bond acceptors (Lipinski definition) is 6. The summed E-state index contributed by atoms with van der Waals surface area (Å²) in [5.41, 5.74) is 0.111. The first-order chi connectivity index (χ1) is 10.1. The number of rotatable bonds is 6. The zero-order valence-electron chi connectivity index (χ0n) is 10.7. The molecular weight excluding hydrogens is 298 g/mol. The minimum absolute atomic E-state index is 0.0137. The Hall–Kier alpha value is -2.68. The molecule has 0 spiro atoms. The lowest BCUT2D eigenvalue weighted by molar-refractivity contribution is -0.136. The predicted octanol–water partition coefficient (Wildman–Crippen LogP) is 1.19. The van der Waals surface area contributed by atoms with E-state index in [1.165, 1.54) is 17.7 Å².